The van der Waals surface area contributed by atoms with Gasteiger partial charge in [0.1, 0.15) is 0 Å². The van der Waals surface area contributed by atoms with Crippen molar-refractivity contribution in [1.82, 2.24) is 5.32 Å². The third kappa shape index (κ3) is 3.83. The Bertz CT molecular complexity index is 862. The van der Waals surface area contributed by atoms with Gasteiger partial charge >= 0.3 is 6.03 Å². The Balaban J connectivity index is 1.62. The summed E-state index contributed by atoms with van der Waals surface area (Å²) in [5.41, 5.74) is 9.02. The maximum Gasteiger partial charge on any atom is 0.316 e. The third-order valence-corrected chi connectivity index (χ3v) is 4.29. The molecule has 0 fully saturated rings. The number of nitrogens with zero attached hydrogens (tertiary/aromatic N) is 1. The first-order chi connectivity index (χ1) is 12.4. The molecule has 7 heteroatoms. The van der Waals surface area contributed by atoms with Crippen molar-refractivity contribution in [1.29, 1.82) is 0 Å². The first-order valence-corrected chi connectivity index (χ1v) is 8.28. The van der Waals surface area contributed by atoms with Crippen LogP contribution < -0.4 is 21.3 Å². The number of fused-ring (bicyclic) bond motifs is 1. The van der Waals surface area contributed by atoms with Crippen LogP contribution in [-0.4, -0.2) is 24.4 Å². The van der Waals surface area contributed by atoms with Gasteiger partial charge in [-0.25, -0.2) is 4.79 Å². The van der Waals surface area contributed by atoms with Crippen molar-refractivity contribution in [3.8, 4) is 0 Å². The lowest BCUT2D eigenvalue weighted by molar-refractivity contribution is -0.116. The van der Waals surface area contributed by atoms with E-state index in [0.717, 1.165) is 23.2 Å². The second kappa shape index (κ2) is 7.26. The molecular weight excluding hydrogens is 332 g/mol. The highest BCUT2D eigenvalue weighted by atomic mass is 16.2. The van der Waals surface area contributed by atoms with Crippen LogP contribution in [-0.2, 0) is 17.8 Å². The first-order valence-electron chi connectivity index (χ1n) is 8.28. The Morgan fingerprint density at radius 3 is 2.50 bits per heavy atom. The van der Waals surface area contributed by atoms with Gasteiger partial charge < -0.3 is 21.3 Å². The Kier molecular flexibility index (Phi) is 4.88. The molecule has 0 spiro atoms. The zero-order valence-electron chi connectivity index (χ0n) is 14.4. The molecule has 2 aromatic carbocycles. The molecule has 3 rings (SSSR count). The van der Waals surface area contributed by atoms with Crippen LogP contribution in [0.4, 0.5) is 16.2 Å². The number of hydrogen-bond donors (Lipinski definition) is 3. The van der Waals surface area contributed by atoms with Crippen LogP contribution in [0.5, 0.6) is 0 Å². The monoisotopic (exact) mass is 352 g/mol. The van der Waals surface area contributed by atoms with Crippen LogP contribution in [0, 0.1) is 0 Å². The van der Waals surface area contributed by atoms with Crippen LogP contribution in [0.2, 0.25) is 0 Å². The van der Waals surface area contributed by atoms with Crippen molar-refractivity contribution < 1.29 is 14.4 Å². The number of amides is 4. The number of nitrogens with two attached hydrogens (primary N) is 1. The predicted octanol–water partition coefficient (Wildman–Crippen LogP) is 2.02. The minimum atomic E-state index is -0.619. The van der Waals surface area contributed by atoms with Crippen LogP contribution in [0.3, 0.4) is 0 Å². The van der Waals surface area contributed by atoms with Crippen molar-refractivity contribution in [3.63, 3.8) is 0 Å². The fraction of sp³-hybridized carbons (Fsp3) is 0.211. The summed E-state index contributed by atoms with van der Waals surface area (Å²) in [6.45, 7) is 2.56. The highest BCUT2D eigenvalue weighted by Gasteiger charge is 2.23. The number of anilines is 2. The molecule has 0 radical (unpaired) electrons. The van der Waals surface area contributed by atoms with Crippen LogP contribution in [0.15, 0.2) is 42.5 Å². The highest BCUT2D eigenvalue weighted by molar-refractivity contribution is 5.97. The lowest BCUT2D eigenvalue weighted by Gasteiger charge is -2.14. The number of hydrogen-bond acceptors (Lipinski definition) is 3. The number of primary amides is 1. The van der Waals surface area contributed by atoms with Gasteiger partial charge in [0.25, 0.3) is 5.91 Å². The number of carbonyl (C=O) groups excluding carboxylic acids is 3. The van der Waals surface area contributed by atoms with Crippen molar-refractivity contribution >= 4 is 29.2 Å². The Hall–Kier alpha value is -3.35. The van der Waals surface area contributed by atoms with E-state index in [1.54, 1.807) is 42.2 Å². The topological polar surface area (TPSA) is 105 Å². The van der Waals surface area contributed by atoms with Crippen LogP contribution in [0.1, 0.15) is 28.4 Å². The molecule has 1 heterocycles. The van der Waals surface area contributed by atoms with Gasteiger partial charge in [0.15, 0.2) is 0 Å². The van der Waals surface area contributed by atoms with E-state index in [1.807, 2.05) is 12.1 Å². The predicted molar refractivity (Wildman–Crippen MR) is 99.0 cm³/mol. The average molecular weight is 352 g/mol. The molecule has 0 atom stereocenters. The molecule has 1 aliphatic rings. The highest BCUT2D eigenvalue weighted by Crippen LogP contribution is 2.28. The molecule has 0 saturated heterocycles. The molecule has 7 nitrogen and oxygen atoms in total. The minimum Gasteiger partial charge on any atom is -0.351 e. The zero-order chi connectivity index (χ0) is 18.7. The largest absolute Gasteiger partial charge is 0.351 e. The van der Waals surface area contributed by atoms with Crippen molar-refractivity contribution in [2.45, 2.75) is 19.9 Å². The summed E-state index contributed by atoms with van der Waals surface area (Å²) < 4.78 is 0. The molecule has 0 aromatic heterocycles. The maximum absolute atomic E-state index is 12.4. The third-order valence-electron chi connectivity index (χ3n) is 4.29. The van der Waals surface area contributed by atoms with Gasteiger partial charge in [0.05, 0.1) is 0 Å². The number of urea groups is 1. The summed E-state index contributed by atoms with van der Waals surface area (Å²) in [6, 6.07) is 11.8. The quantitative estimate of drug-likeness (QED) is 0.784. The van der Waals surface area contributed by atoms with E-state index >= 15 is 0 Å². The van der Waals surface area contributed by atoms with Gasteiger partial charge in [-0.05, 0) is 47.9 Å². The van der Waals surface area contributed by atoms with Gasteiger partial charge in [-0.1, -0.05) is 12.1 Å². The van der Waals surface area contributed by atoms with E-state index in [0.29, 0.717) is 24.3 Å². The zero-order valence-corrected chi connectivity index (χ0v) is 14.4. The summed E-state index contributed by atoms with van der Waals surface area (Å²) in [7, 11) is 0. The summed E-state index contributed by atoms with van der Waals surface area (Å²) in [5.74, 6) is -0.163. The average Bonchev–Trinajstić information content (AvgIpc) is 3.03. The molecule has 26 heavy (non-hydrogen) atoms. The Labute approximate surface area is 151 Å². The lowest BCUT2D eigenvalue weighted by Crippen LogP contribution is -2.26. The lowest BCUT2D eigenvalue weighted by atomic mass is 10.1. The fourth-order valence-electron chi connectivity index (χ4n) is 3.00. The number of carbonyl (C=O) groups is 3. The van der Waals surface area contributed by atoms with Gasteiger partial charge in [-0.15, -0.1) is 0 Å². The smallest absolute Gasteiger partial charge is 0.316 e. The maximum atomic E-state index is 12.4. The SMILES string of the molecule is CC(=O)N1CCc2cc(C(=O)NCc3ccc(NC(N)=O)cc3)ccc21. The van der Waals surface area contributed by atoms with E-state index in [-0.39, 0.29) is 11.8 Å². The molecule has 4 N–H and O–H groups in total. The molecule has 134 valence electrons. The molecule has 2 aromatic rings. The van der Waals surface area contributed by atoms with Crippen molar-refractivity contribution in [3.05, 3.63) is 59.2 Å². The van der Waals surface area contributed by atoms with Crippen molar-refractivity contribution in [2.24, 2.45) is 5.73 Å². The summed E-state index contributed by atoms with van der Waals surface area (Å²) in [4.78, 5) is 36.5. The minimum absolute atomic E-state index is 0.00947. The first kappa shape index (κ1) is 17.5. The van der Waals surface area contributed by atoms with Gasteiger partial charge in [0.2, 0.25) is 5.91 Å². The van der Waals surface area contributed by atoms with E-state index in [2.05, 4.69) is 10.6 Å². The summed E-state index contributed by atoms with van der Waals surface area (Å²) in [5, 5.41) is 5.35. The van der Waals surface area contributed by atoms with Gasteiger partial charge in [-0.2, -0.15) is 0 Å². The van der Waals surface area contributed by atoms with Gasteiger partial charge in [0, 0.05) is 37.0 Å². The number of rotatable bonds is 4. The molecule has 0 aliphatic carbocycles. The molecule has 0 bridgehead atoms. The van der Waals surface area contributed by atoms with Crippen molar-refractivity contribution in [2.75, 3.05) is 16.8 Å². The molecular formula is C19H20N4O3. The number of nitrogens with one attached hydrogen (secondary N) is 2. The molecule has 1 aliphatic heterocycles. The normalized spacial score (nSPS) is 12.4. The van der Waals surface area contributed by atoms with E-state index in [4.69, 9.17) is 5.73 Å². The number of benzene rings is 2. The summed E-state index contributed by atoms with van der Waals surface area (Å²) in [6.07, 6.45) is 0.754. The van der Waals surface area contributed by atoms with E-state index in [1.165, 1.54) is 0 Å². The summed E-state index contributed by atoms with van der Waals surface area (Å²) >= 11 is 0. The van der Waals surface area contributed by atoms with Crippen LogP contribution in [0.25, 0.3) is 0 Å². The second-order valence-corrected chi connectivity index (χ2v) is 6.13. The van der Waals surface area contributed by atoms with E-state index < -0.39 is 6.03 Å². The van der Waals surface area contributed by atoms with Gasteiger partial charge in [-0.3, -0.25) is 9.59 Å². The second-order valence-electron chi connectivity index (χ2n) is 6.13. The molecule has 0 saturated carbocycles. The standard InChI is InChI=1S/C19H20N4O3/c1-12(24)23-9-8-14-10-15(4-7-17(14)23)18(25)21-11-13-2-5-16(6-3-13)22-19(20)26/h2-7,10H,8-9,11H2,1H3,(H,21,25)(H3,20,22,26). The van der Waals surface area contributed by atoms with E-state index in [9.17, 15) is 14.4 Å². The molecule has 4 amide bonds. The Morgan fingerprint density at radius 1 is 1.12 bits per heavy atom. The van der Waals surface area contributed by atoms with Crippen LogP contribution >= 0.6 is 0 Å². The Morgan fingerprint density at radius 2 is 1.85 bits per heavy atom. The fourth-order valence-corrected chi connectivity index (χ4v) is 3.00. The molecule has 0 unspecified atom stereocenters.